The van der Waals surface area contributed by atoms with Gasteiger partial charge in [-0.1, -0.05) is 0 Å². The van der Waals surface area contributed by atoms with E-state index in [1.165, 1.54) is 0 Å². The van der Waals surface area contributed by atoms with Crippen LogP contribution in [-0.2, 0) is 11.6 Å². The maximum absolute atomic E-state index is 10.2. The highest BCUT2D eigenvalue weighted by atomic mass is 31.1. The van der Waals surface area contributed by atoms with E-state index in [9.17, 15) is 4.57 Å². The van der Waals surface area contributed by atoms with Crippen LogP contribution in [0.25, 0.3) is 0 Å². The van der Waals surface area contributed by atoms with Gasteiger partial charge >= 0.3 is 0 Å². The van der Waals surface area contributed by atoms with Crippen molar-refractivity contribution in [3.8, 4) is 0 Å². The van der Waals surface area contributed by atoms with Crippen LogP contribution in [0.3, 0.4) is 0 Å². The molecule has 42 valence electrons. The molecule has 1 rings (SSSR count). The van der Waals surface area contributed by atoms with E-state index in [0.29, 0.717) is 0 Å². The molecule has 0 saturated heterocycles. The van der Waals surface area contributed by atoms with Gasteiger partial charge in [0.1, 0.15) is 5.44 Å². The van der Waals surface area contributed by atoms with Crippen molar-refractivity contribution in [3.05, 3.63) is 18.3 Å². The first-order chi connectivity index (χ1) is 3.84. The second kappa shape index (κ2) is 2.10. The van der Waals surface area contributed by atoms with E-state index < -0.39 is 0 Å². The highest BCUT2D eigenvalue weighted by Gasteiger charge is 1.90. The molecular weight excluding hydrogens is 121 g/mol. The van der Waals surface area contributed by atoms with Gasteiger partial charge in [0, 0.05) is 13.2 Å². The van der Waals surface area contributed by atoms with Gasteiger partial charge in [-0.25, -0.2) is 0 Å². The summed E-state index contributed by atoms with van der Waals surface area (Å²) in [6.45, 7) is 0. The van der Waals surface area contributed by atoms with Gasteiger partial charge in [-0.15, -0.1) is 0 Å². The van der Waals surface area contributed by atoms with E-state index in [1.54, 1.807) is 0 Å². The fourth-order valence-electron chi connectivity index (χ4n) is 0.547. The highest BCUT2D eigenvalue weighted by Crippen LogP contribution is 1.93. The molecule has 8 heavy (non-hydrogen) atoms. The number of rotatable bonds is 1. The molecule has 0 aliphatic heterocycles. The van der Waals surface area contributed by atoms with Crippen molar-refractivity contribution in [1.29, 1.82) is 0 Å². The lowest BCUT2D eigenvalue weighted by atomic mass is 10.7. The average molecular weight is 127 g/mol. The quantitative estimate of drug-likeness (QED) is 0.514. The van der Waals surface area contributed by atoms with Crippen LogP contribution in [0.1, 0.15) is 0 Å². The van der Waals surface area contributed by atoms with E-state index in [4.69, 9.17) is 0 Å². The molecule has 0 spiro atoms. The normalized spacial score (nSPS) is 10.1. The lowest BCUT2D eigenvalue weighted by Crippen LogP contribution is -2.02. The van der Waals surface area contributed by atoms with Crippen LogP contribution in [0.4, 0.5) is 0 Å². The molecule has 0 aliphatic rings. The maximum Gasteiger partial charge on any atom is 0.210 e. The molecule has 0 aromatic carbocycles. The van der Waals surface area contributed by atoms with Crippen molar-refractivity contribution in [3.63, 3.8) is 0 Å². The second-order valence-electron chi connectivity index (χ2n) is 1.57. The van der Waals surface area contributed by atoms with Crippen LogP contribution in [0, 0.1) is 0 Å². The van der Waals surface area contributed by atoms with Crippen molar-refractivity contribution in [2.75, 3.05) is 0 Å². The summed E-state index contributed by atoms with van der Waals surface area (Å²) in [6, 6.07) is 3.68. The zero-order valence-electron chi connectivity index (χ0n) is 4.53. The largest absolute Gasteiger partial charge is 0.345 e. The molecule has 0 bridgehead atoms. The van der Waals surface area contributed by atoms with Crippen LogP contribution in [0.15, 0.2) is 18.3 Å². The lowest BCUT2D eigenvalue weighted by Gasteiger charge is -1.87. The third kappa shape index (κ3) is 0.797. The number of nitrogens with zero attached hydrogens (tertiary/aromatic N) is 1. The minimum absolute atomic E-state index is 0.0907. The summed E-state index contributed by atoms with van der Waals surface area (Å²) in [5.41, 5.74) is 0.810. The van der Waals surface area contributed by atoms with Gasteiger partial charge in [0.15, 0.2) is 0 Å². The maximum atomic E-state index is 10.2. The van der Waals surface area contributed by atoms with Crippen LogP contribution in [0.2, 0.25) is 0 Å². The molecule has 0 amide bonds. The molecule has 0 radical (unpaired) electrons. The summed E-state index contributed by atoms with van der Waals surface area (Å²) < 4.78 is 12.0. The van der Waals surface area contributed by atoms with E-state index in [1.807, 2.05) is 29.9 Å². The van der Waals surface area contributed by atoms with Crippen LogP contribution < -0.4 is 5.44 Å². The smallest absolute Gasteiger partial charge is 0.210 e. The van der Waals surface area contributed by atoms with Gasteiger partial charge in [-0.05, 0) is 12.1 Å². The van der Waals surface area contributed by atoms with Gasteiger partial charge in [0.2, 0.25) is 8.46 Å². The Balaban J connectivity index is 3.09. The second-order valence-corrected chi connectivity index (χ2v) is 2.21. The zero-order chi connectivity index (χ0) is 5.98. The third-order valence-corrected chi connectivity index (χ3v) is 1.66. The number of aryl methyl sites for hydroxylation is 1. The van der Waals surface area contributed by atoms with Gasteiger partial charge in [0.25, 0.3) is 0 Å². The number of hydrogen-bond donors (Lipinski definition) is 0. The minimum Gasteiger partial charge on any atom is -0.345 e. The number of aromatic nitrogens is 1. The van der Waals surface area contributed by atoms with Crippen LogP contribution in [0.5, 0.6) is 0 Å². The predicted molar refractivity (Wildman–Crippen MR) is 32.7 cm³/mol. The Kier molecular flexibility index (Phi) is 1.45. The molecule has 2 nitrogen and oxygen atoms in total. The number of hydrogen-bond acceptors (Lipinski definition) is 1. The topological polar surface area (TPSA) is 22.0 Å². The lowest BCUT2D eigenvalue weighted by molar-refractivity contribution is 0.602. The molecular formula is C5H6NOP. The fraction of sp³-hybridized carbons (Fsp3) is 0.200. The van der Waals surface area contributed by atoms with Gasteiger partial charge in [0.05, 0.1) is 0 Å². The molecule has 0 N–H and O–H groups in total. The first kappa shape index (κ1) is 5.52. The van der Waals surface area contributed by atoms with E-state index in [0.717, 1.165) is 5.44 Å². The van der Waals surface area contributed by atoms with Crippen LogP contribution in [-0.4, -0.2) is 4.57 Å². The van der Waals surface area contributed by atoms with Crippen LogP contribution >= 0.6 is 8.46 Å². The SMILES string of the molecule is Cn1cccc1P=O. The fourth-order valence-corrected chi connectivity index (χ4v) is 0.889. The van der Waals surface area contributed by atoms with Crippen molar-refractivity contribution < 1.29 is 4.57 Å². The Morgan fingerprint density at radius 2 is 2.50 bits per heavy atom. The van der Waals surface area contributed by atoms with E-state index >= 15 is 0 Å². The van der Waals surface area contributed by atoms with E-state index in [-0.39, 0.29) is 8.46 Å². The summed E-state index contributed by atoms with van der Waals surface area (Å²) >= 11 is 0. The van der Waals surface area contributed by atoms with E-state index in [2.05, 4.69) is 0 Å². The third-order valence-electron chi connectivity index (χ3n) is 1.01. The first-order valence-corrected chi connectivity index (χ1v) is 3.10. The molecule has 1 aromatic heterocycles. The highest BCUT2D eigenvalue weighted by molar-refractivity contribution is 7.33. The van der Waals surface area contributed by atoms with Gasteiger partial charge in [-0.2, -0.15) is 0 Å². The Morgan fingerprint density at radius 1 is 1.75 bits per heavy atom. The summed E-state index contributed by atoms with van der Waals surface area (Å²) in [6.07, 6.45) is 1.86. The van der Waals surface area contributed by atoms with Crippen molar-refractivity contribution in [1.82, 2.24) is 4.57 Å². The molecule has 0 saturated carbocycles. The Morgan fingerprint density at radius 3 is 2.75 bits per heavy atom. The summed E-state index contributed by atoms with van der Waals surface area (Å²) in [5.74, 6) is 0. The molecule has 1 aromatic rings. The summed E-state index contributed by atoms with van der Waals surface area (Å²) in [4.78, 5) is 0. The van der Waals surface area contributed by atoms with Crippen molar-refractivity contribution in [2.45, 2.75) is 0 Å². The molecule has 1 heterocycles. The van der Waals surface area contributed by atoms with Crippen molar-refractivity contribution in [2.24, 2.45) is 7.05 Å². The Labute approximate surface area is 49.3 Å². The molecule has 0 unspecified atom stereocenters. The molecule has 0 atom stereocenters. The van der Waals surface area contributed by atoms with Gasteiger partial charge in [-0.3, -0.25) is 4.57 Å². The molecule has 0 aliphatic carbocycles. The monoisotopic (exact) mass is 127 g/mol. The molecule has 0 fully saturated rings. The molecule has 3 heteroatoms. The average Bonchev–Trinajstić information content (AvgIpc) is 2.14. The van der Waals surface area contributed by atoms with Gasteiger partial charge < -0.3 is 4.57 Å². The standard InChI is InChI=1S/C5H6NOP/c1-6-4-2-3-5(6)8-7/h2-4H,1H3. The minimum atomic E-state index is 0.0907. The summed E-state index contributed by atoms with van der Waals surface area (Å²) in [7, 11) is 1.95. The predicted octanol–water partition coefficient (Wildman–Crippen LogP) is 0.942. The summed E-state index contributed by atoms with van der Waals surface area (Å²) in [5, 5.41) is 0. The Hall–Kier alpha value is -0.620. The Bertz CT molecular complexity index is 194. The van der Waals surface area contributed by atoms with Crippen molar-refractivity contribution >= 4 is 13.9 Å². The first-order valence-electron chi connectivity index (χ1n) is 2.29. The zero-order valence-corrected chi connectivity index (χ0v) is 5.43.